The normalized spacial score (nSPS) is 11.4. The fourth-order valence-electron chi connectivity index (χ4n) is 0. The third kappa shape index (κ3) is 3.69. The Labute approximate surface area is 70.5 Å². The standard InChI is InChI=1S/C4H6I2O/c1-4(2,6)3(5)7/h1-2H3. The molecule has 0 fully saturated rings. The SMILES string of the molecule is CC(C)(I)C(=O)I. The molecule has 0 unspecified atom stereocenters. The highest BCUT2D eigenvalue weighted by Crippen LogP contribution is 2.20. The molecule has 1 nitrogen and oxygen atoms in total. The van der Waals surface area contributed by atoms with Crippen LogP contribution >= 0.6 is 45.2 Å². The Balaban J connectivity index is 3.79. The highest BCUT2D eigenvalue weighted by molar-refractivity contribution is 14.1. The molecule has 3 heteroatoms. The summed E-state index contributed by atoms with van der Waals surface area (Å²) in [4.78, 5) is 10.4. The Morgan fingerprint density at radius 3 is 1.71 bits per heavy atom. The smallest absolute Gasteiger partial charge is 0.207 e. The van der Waals surface area contributed by atoms with Crippen LogP contribution in [0.15, 0.2) is 0 Å². The summed E-state index contributed by atoms with van der Waals surface area (Å²) in [6.07, 6.45) is 0. The number of rotatable bonds is 1. The summed E-state index contributed by atoms with van der Waals surface area (Å²) in [5, 5.41) is 0. The number of halogens is 2. The van der Waals surface area contributed by atoms with Crippen LogP contribution in [0.5, 0.6) is 0 Å². The maximum atomic E-state index is 10.4. The van der Waals surface area contributed by atoms with Gasteiger partial charge in [-0.25, -0.2) is 0 Å². The Hall–Kier alpha value is 1.13. The molecule has 0 aliphatic carbocycles. The van der Waals surface area contributed by atoms with Gasteiger partial charge in [0.05, 0.1) is 3.42 Å². The lowest BCUT2D eigenvalue weighted by molar-refractivity contribution is -0.110. The van der Waals surface area contributed by atoms with E-state index >= 15 is 0 Å². The van der Waals surface area contributed by atoms with Gasteiger partial charge in [0, 0.05) is 22.6 Å². The van der Waals surface area contributed by atoms with E-state index in [1.807, 2.05) is 13.8 Å². The van der Waals surface area contributed by atoms with E-state index in [0.29, 0.717) is 0 Å². The maximum absolute atomic E-state index is 10.4. The molecule has 42 valence electrons. The lowest BCUT2D eigenvalue weighted by atomic mass is 10.3. The van der Waals surface area contributed by atoms with Gasteiger partial charge in [0.25, 0.3) is 0 Å². The van der Waals surface area contributed by atoms with Gasteiger partial charge in [0.15, 0.2) is 0 Å². The van der Waals surface area contributed by atoms with E-state index in [1.54, 1.807) is 22.6 Å². The average Bonchev–Trinajstić information content (AvgIpc) is 1.31. The second kappa shape index (κ2) is 2.61. The number of alkyl halides is 1. The number of hydrogen-bond donors (Lipinski definition) is 0. The van der Waals surface area contributed by atoms with Crippen molar-refractivity contribution in [2.75, 3.05) is 0 Å². The van der Waals surface area contributed by atoms with Crippen LogP contribution in [0.25, 0.3) is 0 Å². The molecule has 0 saturated carbocycles. The molecule has 0 heterocycles. The molecular formula is C4H6I2O. The van der Waals surface area contributed by atoms with Crippen LogP contribution in [0.3, 0.4) is 0 Å². The van der Waals surface area contributed by atoms with Crippen molar-refractivity contribution in [1.82, 2.24) is 0 Å². The van der Waals surface area contributed by atoms with Crippen molar-refractivity contribution in [3.8, 4) is 0 Å². The van der Waals surface area contributed by atoms with Gasteiger partial charge in [-0.3, -0.25) is 4.79 Å². The van der Waals surface area contributed by atoms with Gasteiger partial charge in [-0.1, -0.05) is 22.6 Å². The predicted molar refractivity (Wildman–Crippen MR) is 47.1 cm³/mol. The number of carbonyl (C=O) groups excluding carboxylic acids is 1. The molecule has 7 heavy (non-hydrogen) atoms. The summed E-state index contributed by atoms with van der Waals surface area (Å²) < 4.78 is 0.0175. The van der Waals surface area contributed by atoms with Crippen molar-refractivity contribution < 1.29 is 4.79 Å². The number of carbonyl (C=O) groups is 1. The van der Waals surface area contributed by atoms with Crippen LogP contribution in [-0.2, 0) is 4.79 Å². The Kier molecular flexibility index (Phi) is 3.03. The third-order valence-electron chi connectivity index (χ3n) is 0.467. The Bertz CT molecular complexity index is 82.2. The summed E-state index contributed by atoms with van der Waals surface area (Å²) in [5.74, 6) is 0. The molecule has 0 rings (SSSR count). The van der Waals surface area contributed by atoms with Gasteiger partial charge in [0.2, 0.25) is 3.79 Å². The molecular weight excluding hydrogens is 318 g/mol. The van der Waals surface area contributed by atoms with Crippen LogP contribution in [0.1, 0.15) is 13.8 Å². The molecule has 0 N–H and O–H groups in total. The van der Waals surface area contributed by atoms with Crippen molar-refractivity contribution in [1.29, 1.82) is 0 Å². The van der Waals surface area contributed by atoms with E-state index in [9.17, 15) is 4.79 Å². The van der Waals surface area contributed by atoms with Crippen LogP contribution in [0.2, 0.25) is 0 Å². The molecule has 0 bridgehead atoms. The van der Waals surface area contributed by atoms with E-state index in [2.05, 4.69) is 22.6 Å². The van der Waals surface area contributed by atoms with Gasteiger partial charge >= 0.3 is 0 Å². The first-order chi connectivity index (χ1) is 2.94. The zero-order valence-electron chi connectivity index (χ0n) is 4.16. The van der Waals surface area contributed by atoms with E-state index in [-0.39, 0.29) is 7.21 Å². The lowest BCUT2D eigenvalue weighted by Gasteiger charge is -2.07. The predicted octanol–water partition coefficient (Wildman–Crippen LogP) is 2.16. The summed E-state index contributed by atoms with van der Waals surface area (Å²) in [5.41, 5.74) is 0. The average molecular weight is 324 g/mol. The zero-order valence-corrected chi connectivity index (χ0v) is 8.48. The molecule has 0 amide bonds. The van der Waals surface area contributed by atoms with Crippen LogP contribution in [-0.4, -0.2) is 7.21 Å². The van der Waals surface area contributed by atoms with Crippen molar-refractivity contribution >= 4 is 49.0 Å². The van der Waals surface area contributed by atoms with E-state index in [1.165, 1.54) is 0 Å². The minimum absolute atomic E-state index is 0.182. The molecule has 0 aromatic rings. The molecule has 0 saturated heterocycles. The maximum Gasteiger partial charge on any atom is 0.207 e. The summed E-state index contributed by atoms with van der Waals surface area (Å²) in [6, 6.07) is 0. The summed E-state index contributed by atoms with van der Waals surface area (Å²) in [6.45, 7) is 3.78. The van der Waals surface area contributed by atoms with E-state index < -0.39 is 0 Å². The monoisotopic (exact) mass is 324 g/mol. The van der Waals surface area contributed by atoms with Crippen molar-refractivity contribution in [3.05, 3.63) is 0 Å². The first-order valence-corrected chi connectivity index (χ1v) is 3.99. The number of hydrogen-bond acceptors (Lipinski definition) is 1. The minimum atomic E-state index is -0.182. The quantitative estimate of drug-likeness (QED) is 0.410. The molecule has 0 radical (unpaired) electrons. The van der Waals surface area contributed by atoms with Gasteiger partial charge in [-0.05, 0) is 13.8 Å². The molecule has 0 aliphatic heterocycles. The molecule has 0 atom stereocenters. The van der Waals surface area contributed by atoms with E-state index in [0.717, 1.165) is 0 Å². The second-order valence-electron chi connectivity index (χ2n) is 1.75. The first kappa shape index (κ1) is 8.13. The van der Waals surface area contributed by atoms with Crippen molar-refractivity contribution in [2.45, 2.75) is 17.3 Å². The fourth-order valence-corrected chi connectivity index (χ4v) is 0. The third-order valence-corrected chi connectivity index (χ3v) is 3.34. The second-order valence-corrected chi connectivity index (χ2v) is 5.42. The summed E-state index contributed by atoms with van der Waals surface area (Å²) >= 11 is 3.91. The fraction of sp³-hybridized carbons (Fsp3) is 0.750. The van der Waals surface area contributed by atoms with Crippen molar-refractivity contribution in [3.63, 3.8) is 0 Å². The topological polar surface area (TPSA) is 17.1 Å². The van der Waals surface area contributed by atoms with Crippen LogP contribution < -0.4 is 0 Å². The largest absolute Gasteiger partial charge is 0.286 e. The molecule has 0 aromatic carbocycles. The van der Waals surface area contributed by atoms with Gasteiger partial charge in [-0.2, -0.15) is 0 Å². The van der Waals surface area contributed by atoms with E-state index in [4.69, 9.17) is 0 Å². The minimum Gasteiger partial charge on any atom is -0.286 e. The van der Waals surface area contributed by atoms with Gasteiger partial charge in [0.1, 0.15) is 0 Å². The Morgan fingerprint density at radius 2 is 1.71 bits per heavy atom. The molecule has 0 aliphatic rings. The molecule has 0 spiro atoms. The first-order valence-electron chi connectivity index (χ1n) is 1.83. The highest BCUT2D eigenvalue weighted by Gasteiger charge is 2.19. The Morgan fingerprint density at radius 1 is 1.57 bits per heavy atom. The highest BCUT2D eigenvalue weighted by atomic mass is 127. The van der Waals surface area contributed by atoms with Crippen LogP contribution in [0.4, 0.5) is 0 Å². The van der Waals surface area contributed by atoms with Gasteiger partial charge in [-0.15, -0.1) is 0 Å². The molecule has 0 aromatic heterocycles. The van der Waals surface area contributed by atoms with Gasteiger partial charge < -0.3 is 0 Å². The van der Waals surface area contributed by atoms with Crippen LogP contribution in [0, 0.1) is 0 Å². The lowest BCUT2D eigenvalue weighted by Crippen LogP contribution is -2.16. The summed E-state index contributed by atoms with van der Waals surface area (Å²) in [7, 11) is 0. The van der Waals surface area contributed by atoms with Crippen molar-refractivity contribution in [2.24, 2.45) is 0 Å². The zero-order chi connectivity index (χ0) is 6.08.